The second-order valence-corrected chi connectivity index (χ2v) is 8.29. The maximum Gasteiger partial charge on any atom is 0.354 e. The Kier molecular flexibility index (Phi) is 7.15. The van der Waals surface area contributed by atoms with Gasteiger partial charge in [-0.2, -0.15) is 0 Å². The van der Waals surface area contributed by atoms with Gasteiger partial charge in [0.25, 0.3) is 10.0 Å². The van der Waals surface area contributed by atoms with Crippen LogP contribution in [0.1, 0.15) is 22.8 Å². The van der Waals surface area contributed by atoms with Gasteiger partial charge < -0.3 is 10.1 Å². The van der Waals surface area contributed by atoms with Gasteiger partial charge in [-0.25, -0.2) is 23.2 Å². The number of nitro groups is 1. The van der Waals surface area contributed by atoms with Crippen molar-refractivity contribution in [3.8, 4) is 0 Å². The molecule has 0 amide bonds. The summed E-state index contributed by atoms with van der Waals surface area (Å²) in [5, 5.41) is 14.5. The minimum Gasteiger partial charge on any atom is -0.462 e. The van der Waals surface area contributed by atoms with Gasteiger partial charge in [0.15, 0.2) is 0 Å². The first-order valence-corrected chi connectivity index (χ1v) is 11.1. The Labute approximate surface area is 189 Å². The van der Waals surface area contributed by atoms with Gasteiger partial charge in [0, 0.05) is 0 Å². The maximum atomic E-state index is 12.5. The number of hydrogen-bond donors (Lipinski definition) is 3. The van der Waals surface area contributed by atoms with Crippen molar-refractivity contribution in [3.63, 3.8) is 0 Å². The van der Waals surface area contributed by atoms with Crippen molar-refractivity contribution in [2.24, 2.45) is 0 Å². The molecule has 0 radical (unpaired) electrons. The largest absolute Gasteiger partial charge is 0.462 e. The zero-order valence-corrected chi connectivity index (χ0v) is 18.4. The van der Waals surface area contributed by atoms with E-state index in [1.165, 1.54) is 24.3 Å². The van der Waals surface area contributed by atoms with Crippen LogP contribution in [-0.4, -0.2) is 35.9 Å². The minimum absolute atomic E-state index is 0.0426. The molecule has 0 atom stereocenters. The number of ether oxygens (including phenoxy) is 1. The molecule has 1 heterocycles. The first-order valence-electron chi connectivity index (χ1n) is 9.60. The average molecular weight is 472 g/mol. The van der Waals surface area contributed by atoms with E-state index in [1.807, 2.05) is 0 Å². The SMILES string of the molecule is CCOC(=O)c1ccccc1Nc1ncnc(NNS(=O)(=O)c2ccc(C)cc2)c1[N+](=O)[O-]. The molecule has 2 aromatic carbocycles. The van der Waals surface area contributed by atoms with Crippen LogP contribution in [0.25, 0.3) is 0 Å². The lowest BCUT2D eigenvalue weighted by Gasteiger charge is -2.13. The molecule has 172 valence electrons. The van der Waals surface area contributed by atoms with Crippen molar-refractivity contribution in [2.75, 3.05) is 17.3 Å². The summed E-state index contributed by atoms with van der Waals surface area (Å²) in [6.07, 6.45) is 1.00. The molecule has 0 unspecified atom stereocenters. The number of nitrogens with one attached hydrogen (secondary N) is 3. The van der Waals surface area contributed by atoms with E-state index in [0.29, 0.717) is 0 Å². The first-order chi connectivity index (χ1) is 15.7. The summed E-state index contributed by atoms with van der Waals surface area (Å²) in [6.45, 7) is 3.61. The molecule has 0 fully saturated rings. The molecule has 0 saturated heterocycles. The van der Waals surface area contributed by atoms with Gasteiger partial charge in [-0.15, -0.1) is 4.83 Å². The van der Waals surface area contributed by atoms with Gasteiger partial charge in [0.05, 0.1) is 27.7 Å². The van der Waals surface area contributed by atoms with Crippen LogP contribution in [0.2, 0.25) is 0 Å². The average Bonchev–Trinajstić information content (AvgIpc) is 2.78. The number of hydrazine groups is 1. The molecule has 33 heavy (non-hydrogen) atoms. The summed E-state index contributed by atoms with van der Waals surface area (Å²) in [6, 6.07) is 12.3. The molecule has 0 aliphatic rings. The summed E-state index contributed by atoms with van der Waals surface area (Å²) in [7, 11) is -4.04. The van der Waals surface area contributed by atoms with Crippen LogP contribution in [0.4, 0.5) is 23.0 Å². The van der Waals surface area contributed by atoms with E-state index in [2.05, 4.69) is 25.5 Å². The molecule has 3 N–H and O–H groups in total. The lowest BCUT2D eigenvalue weighted by molar-refractivity contribution is -0.383. The Balaban J connectivity index is 1.91. The van der Waals surface area contributed by atoms with Crippen LogP contribution >= 0.6 is 0 Å². The van der Waals surface area contributed by atoms with Crippen LogP contribution < -0.4 is 15.6 Å². The Morgan fingerprint density at radius 2 is 1.76 bits per heavy atom. The van der Waals surface area contributed by atoms with Gasteiger partial charge in [0.1, 0.15) is 6.33 Å². The van der Waals surface area contributed by atoms with E-state index in [1.54, 1.807) is 38.1 Å². The summed E-state index contributed by atoms with van der Waals surface area (Å²) >= 11 is 0. The highest BCUT2D eigenvalue weighted by atomic mass is 32.2. The Morgan fingerprint density at radius 1 is 1.09 bits per heavy atom. The Bertz CT molecular complexity index is 1280. The molecule has 3 rings (SSSR count). The number of carbonyl (C=O) groups is 1. The van der Waals surface area contributed by atoms with Gasteiger partial charge in [-0.05, 0) is 38.1 Å². The second-order valence-electron chi connectivity index (χ2n) is 6.61. The summed E-state index contributed by atoms with van der Waals surface area (Å²) in [4.78, 5) is 32.9. The van der Waals surface area contributed by atoms with Gasteiger partial charge >= 0.3 is 11.7 Å². The molecule has 0 bridgehead atoms. The zero-order valence-electron chi connectivity index (χ0n) is 17.6. The summed E-state index contributed by atoms with van der Waals surface area (Å²) in [5.41, 5.74) is 2.85. The van der Waals surface area contributed by atoms with Crippen molar-refractivity contribution in [1.82, 2.24) is 14.8 Å². The highest BCUT2D eigenvalue weighted by Crippen LogP contribution is 2.32. The molecule has 0 spiro atoms. The Morgan fingerprint density at radius 3 is 2.42 bits per heavy atom. The van der Waals surface area contributed by atoms with Crippen LogP contribution in [0.3, 0.4) is 0 Å². The monoisotopic (exact) mass is 472 g/mol. The third-order valence-electron chi connectivity index (χ3n) is 4.32. The van der Waals surface area contributed by atoms with E-state index in [-0.39, 0.29) is 28.6 Å². The number of sulfonamides is 1. The zero-order chi connectivity index (χ0) is 24.0. The lowest BCUT2D eigenvalue weighted by atomic mass is 10.2. The maximum absolute atomic E-state index is 12.5. The van der Waals surface area contributed by atoms with E-state index >= 15 is 0 Å². The van der Waals surface area contributed by atoms with Crippen LogP contribution in [0, 0.1) is 17.0 Å². The topological polar surface area (TPSA) is 165 Å². The van der Waals surface area contributed by atoms with Gasteiger partial charge in [0.2, 0.25) is 11.6 Å². The van der Waals surface area contributed by atoms with Crippen molar-refractivity contribution in [2.45, 2.75) is 18.7 Å². The molecule has 3 aromatic rings. The van der Waals surface area contributed by atoms with Crippen molar-refractivity contribution >= 4 is 39.0 Å². The number of para-hydroxylation sites is 1. The fraction of sp³-hybridized carbons (Fsp3) is 0.150. The number of anilines is 3. The number of esters is 1. The molecular formula is C20H20N6O6S. The molecule has 0 aliphatic heterocycles. The van der Waals surface area contributed by atoms with E-state index in [4.69, 9.17) is 4.74 Å². The summed E-state index contributed by atoms with van der Waals surface area (Å²) < 4.78 is 30.0. The van der Waals surface area contributed by atoms with Crippen molar-refractivity contribution in [3.05, 3.63) is 76.1 Å². The van der Waals surface area contributed by atoms with Gasteiger partial charge in [-0.1, -0.05) is 29.8 Å². The molecule has 0 aliphatic carbocycles. The van der Waals surface area contributed by atoms with Crippen LogP contribution in [0.15, 0.2) is 59.8 Å². The standard InChI is InChI=1S/C20H20N6O6S/c1-3-32-20(27)15-6-4-5-7-16(15)23-18-17(26(28)29)19(22-12-21-18)24-25-33(30,31)14-10-8-13(2)9-11-14/h4-12,25H,3H2,1-2H3,(H2,21,22,23,24). The van der Waals surface area contributed by atoms with Crippen LogP contribution in [-0.2, 0) is 14.8 Å². The predicted molar refractivity (Wildman–Crippen MR) is 119 cm³/mol. The smallest absolute Gasteiger partial charge is 0.354 e. The first kappa shape index (κ1) is 23.6. The number of hydrogen-bond acceptors (Lipinski definition) is 10. The highest BCUT2D eigenvalue weighted by Gasteiger charge is 2.26. The molecular weight excluding hydrogens is 452 g/mol. The number of aryl methyl sites for hydroxylation is 1. The predicted octanol–water partition coefficient (Wildman–Crippen LogP) is 2.92. The van der Waals surface area contributed by atoms with Gasteiger partial charge in [-0.3, -0.25) is 15.5 Å². The van der Waals surface area contributed by atoms with E-state index < -0.39 is 32.4 Å². The number of nitrogens with zero attached hydrogens (tertiary/aromatic N) is 3. The number of benzene rings is 2. The fourth-order valence-corrected chi connectivity index (χ4v) is 3.58. The van der Waals surface area contributed by atoms with Crippen molar-refractivity contribution in [1.29, 1.82) is 0 Å². The normalized spacial score (nSPS) is 11.0. The highest BCUT2D eigenvalue weighted by molar-refractivity contribution is 7.89. The van der Waals surface area contributed by atoms with Crippen LogP contribution in [0.5, 0.6) is 0 Å². The lowest BCUT2D eigenvalue weighted by Crippen LogP contribution is -2.30. The Hall–Kier alpha value is -4.10. The van der Waals surface area contributed by atoms with Crippen molar-refractivity contribution < 1.29 is 22.9 Å². The number of carbonyl (C=O) groups excluding carboxylic acids is 1. The third-order valence-corrected chi connectivity index (χ3v) is 5.58. The van der Waals surface area contributed by atoms with E-state index in [9.17, 15) is 23.3 Å². The molecule has 0 saturated carbocycles. The third kappa shape index (κ3) is 5.58. The minimum atomic E-state index is -4.04. The second kappa shape index (κ2) is 10.0. The molecule has 1 aromatic heterocycles. The fourth-order valence-electron chi connectivity index (χ4n) is 2.73. The number of aromatic nitrogens is 2. The number of rotatable bonds is 9. The van der Waals surface area contributed by atoms with E-state index in [0.717, 1.165) is 11.9 Å². The summed E-state index contributed by atoms with van der Waals surface area (Å²) in [5.74, 6) is -1.29. The molecule has 12 nitrogen and oxygen atoms in total. The molecule has 13 heteroatoms. The quantitative estimate of drug-likeness (QED) is 0.239.